The molecular formula is C12H12N2O2. The number of benzene rings is 1. The number of hydrogen-bond donors (Lipinski definition) is 0. The van der Waals surface area contributed by atoms with Crippen LogP contribution >= 0.6 is 0 Å². The number of nitrogens with zero attached hydrogens (tertiary/aromatic N) is 2. The van der Waals surface area contributed by atoms with Crippen LogP contribution in [-0.4, -0.2) is 16.1 Å². The van der Waals surface area contributed by atoms with Gasteiger partial charge in [0.05, 0.1) is 18.0 Å². The van der Waals surface area contributed by atoms with Gasteiger partial charge in [0.25, 0.3) is 0 Å². The lowest BCUT2D eigenvalue weighted by atomic mass is 10.2. The van der Waals surface area contributed by atoms with Gasteiger partial charge in [-0.05, 0) is 19.1 Å². The smallest absolute Gasteiger partial charge is 0.165 e. The first-order valence-corrected chi connectivity index (χ1v) is 5.08. The molecule has 82 valence electrons. The molecule has 16 heavy (non-hydrogen) atoms. The van der Waals surface area contributed by atoms with Crippen molar-refractivity contribution in [3.63, 3.8) is 0 Å². The zero-order chi connectivity index (χ0) is 11.4. The minimum atomic E-state index is 0.534. The molecule has 0 bridgehead atoms. The third-order valence-corrected chi connectivity index (χ3v) is 2.21. The van der Waals surface area contributed by atoms with Crippen molar-refractivity contribution in [2.45, 2.75) is 13.5 Å². The average Bonchev–Trinajstić information content (AvgIpc) is 2.77. The van der Waals surface area contributed by atoms with Crippen molar-refractivity contribution in [1.29, 1.82) is 0 Å². The van der Waals surface area contributed by atoms with Crippen molar-refractivity contribution in [2.75, 3.05) is 0 Å². The Labute approximate surface area is 93.5 Å². The van der Waals surface area contributed by atoms with E-state index in [9.17, 15) is 4.79 Å². The van der Waals surface area contributed by atoms with Crippen molar-refractivity contribution in [3.8, 4) is 11.5 Å². The zero-order valence-electron chi connectivity index (χ0n) is 8.96. The summed E-state index contributed by atoms with van der Waals surface area (Å²) in [6.45, 7) is 2.79. The first-order chi connectivity index (χ1) is 7.83. The number of carbonyl (C=O) groups excluding carboxylic acids is 1. The lowest BCUT2D eigenvalue weighted by molar-refractivity contribution is 0.112. The molecule has 1 aromatic heterocycles. The predicted molar refractivity (Wildman–Crippen MR) is 59.8 cm³/mol. The molecule has 1 aromatic carbocycles. The maximum Gasteiger partial charge on any atom is 0.165 e. The number of rotatable bonds is 4. The van der Waals surface area contributed by atoms with Crippen LogP contribution in [0.15, 0.2) is 36.7 Å². The summed E-state index contributed by atoms with van der Waals surface area (Å²) in [4.78, 5) is 10.8. The molecule has 0 atom stereocenters. The molecule has 4 nitrogen and oxygen atoms in total. The van der Waals surface area contributed by atoms with Gasteiger partial charge >= 0.3 is 0 Å². The van der Waals surface area contributed by atoms with E-state index in [1.807, 2.05) is 13.0 Å². The molecule has 0 aliphatic rings. The van der Waals surface area contributed by atoms with Gasteiger partial charge in [-0.15, -0.1) is 0 Å². The fourth-order valence-corrected chi connectivity index (χ4v) is 1.37. The van der Waals surface area contributed by atoms with E-state index >= 15 is 0 Å². The molecule has 0 saturated carbocycles. The fraction of sp³-hybridized carbons (Fsp3) is 0.167. The van der Waals surface area contributed by atoms with Crippen LogP contribution in [-0.2, 0) is 6.54 Å². The summed E-state index contributed by atoms with van der Waals surface area (Å²) in [5.41, 5.74) is 0.534. The van der Waals surface area contributed by atoms with Gasteiger partial charge < -0.3 is 4.74 Å². The van der Waals surface area contributed by atoms with Crippen LogP contribution in [0.3, 0.4) is 0 Å². The summed E-state index contributed by atoms with van der Waals surface area (Å²) in [6.07, 6.45) is 4.20. The molecule has 0 N–H and O–H groups in total. The monoisotopic (exact) mass is 216 g/mol. The second kappa shape index (κ2) is 4.61. The van der Waals surface area contributed by atoms with Gasteiger partial charge in [0.1, 0.15) is 5.75 Å². The summed E-state index contributed by atoms with van der Waals surface area (Å²) >= 11 is 0. The van der Waals surface area contributed by atoms with Gasteiger partial charge in [-0.2, -0.15) is 5.10 Å². The molecular weight excluding hydrogens is 204 g/mol. The Morgan fingerprint density at radius 1 is 1.44 bits per heavy atom. The summed E-state index contributed by atoms with van der Waals surface area (Å²) in [5, 5.41) is 4.09. The van der Waals surface area contributed by atoms with E-state index in [1.54, 1.807) is 35.3 Å². The molecule has 0 aliphatic carbocycles. The number of ether oxygens (including phenoxy) is 1. The number of para-hydroxylation sites is 1. The number of aromatic nitrogens is 2. The van der Waals surface area contributed by atoms with Crippen molar-refractivity contribution < 1.29 is 9.53 Å². The maximum atomic E-state index is 10.8. The average molecular weight is 216 g/mol. The van der Waals surface area contributed by atoms with Gasteiger partial charge in [0.2, 0.25) is 0 Å². The van der Waals surface area contributed by atoms with Crippen molar-refractivity contribution in [3.05, 3.63) is 42.2 Å². The Hall–Kier alpha value is -2.10. The minimum Gasteiger partial charge on any atom is -0.453 e. The molecule has 2 aromatic rings. The summed E-state index contributed by atoms with van der Waals surface area (Å²) in [6, 6.07) is 7.10. The molecule has 2 rings (SSSR count). The van der Waals surface area contributed by atoms with Crippen molar-refractivity contribution >= 4 is 6.29 Å². The topological polar surface area (TPSA) is 44.1 Å². The first-order valence-electron chi connectivity index (χ1n) is 5.08. The third-order valence-electron chi connectivity index (χ3n) is 2.21. The van der Waals surface area contributed by atoms with E-state index in [-0.39, 0.29) is 0 Å². The molecule has 0 radical (unpaired) electrons. The van der Waals surface area contributed by atoms with Gasteiger partial charge in [0.15, 0.2) is 12.0 Å². The standard InChI is InChI=1S/C12H12N2O2/c1-2-14-8-11(7-13-14)16-12-6-4-3-5-10(12)9-15/h3-9H,2H2,1H3. The minimum absolute atomic E-state index is 0.534. The third kappa shape index (κ3) is 2.11. The quantitative estimate of drug-likeness (QED) is 0.737. The van der Waals surface area contributed by atoms with E-state index in [4.69, 9.17) is 4.74 Å². The number of aryl methyl sites for hydroxylation is 1. The Morgan fingerprint density at radius 3 is 2.94 bits per heavy atom. The van der Waals surface area contributed by atoms with E-state index in [1.165, 1.54) is 0 Å². The van der Waals surface area contributed by atoms with Gasteiger partial charge in [0, 0.05) is 6.54 Å². The van der Waals surface area contributed by atoms with Crippen molar-refractivity contribution in [2.24, 2.45) is 0 Å². The van der Waals surface area contributed by atoms with Crippen LogP contribution in [0, 0.1) is 0 Å². The Balaban J connectivity index is 2.22. The van der Waals surface area contributed by atoms with Crippen LogP contribution in [0.2, 0.25) is 0 Å². The number of aldehydes is 1. The predicted octanol–water partition coefficient (Wildman–Crippen LogP) is 2.51. The largest absolute Gasteiger partial charge is 0.453 e. The van der Waals surface area contributed by atoms with Gasteiger partial charge in [-0.25, -0.2) is 0 Å². The number of hydrogen-bond acceptors (Lipinski definition) is 3. The molecule has 0 aliphatic heterocycles. The van der Waals surface area contributed by atoms with Crippen LogP contribution in [0.1, 0.15) is 17.3 Å². The molecule has 4 heteroatoms. The lowest BCUT2D eigenvalue weighted by Crippen LogP contribution is -1.92. The highest BCUT2D eigenvalue weighted by Gasteiger charge is 2.04. The summed E-state index contributed by atoms with van der Waals surface area (Å²) < 4.78 is 7.33. The zero-order valence-corrected chi connectivity index (χ0v) is 8.96. The van der Waals surface area contributed by atoms with Crippen LogP contribution < -0.4 is 4.74 Å². The Bertz CT molecular complexity index is 491. The Morgan fingerprint density at radius 2 is 2.25 bits per heavy atom. The highest BCUT2D eigenvalue weighted by Crippen LogP contribution is 2.23. The van der Waals surface area contributed by atoms with Crippen LogP contribution in [0.5, 0.6) is 11.5 Å². The molecule has 0 fully saturated rings. The maximum absolute atomic E-state index is 10.8. The van der Waals surface area contributed by atoms with Gasteiger partial charge in [-0.1, -0.05) is 12.1 Å². The summed E-state index contributed by atoms with van der Waals surface area (Å²) in [5.74, 6) is 1.18. The fourth-order valence-electron chi connectivity index (χ4n) is 1.37. The van der Waals surface area contributed by atoms with Crippen LogP contribution in [0.25, 0.3) is 0 Å². The van der Waals surface area contributed by atoms with Crippen molar-refractivity contribution in [1.82, 2.24) is 9.78 Å². The van der Waals surface area contributed by atoms with Crippen LogP contribution in [0.4, 0.5) is 0 Å². The molecule has 0 unspecified atom stereocenters. The summed E-state index contributed by atoms with van der Waals surface area (Å²) in [7, 11) is 0. The first kappa shape index (κ1) is 10.4. The molecule has 0 amide bonds. The SMILES string of the molecule is CCn1cc(Oc2ccccc2C=O)cn1. The highest BCUT2D eigenvalue weighted by atomic mass is 16.5. The highest BCUT2D eigenvalue weighted by molar-refractivity contribution is 5.79. The molecule has 0 saturated heterocycles. The second-order valence-corrected chi connectivity index (χ2v) is 3.29. The molecule has 1 heterocycles. The number of carbonyl (C=O) groups is 1. The van der Waals surface area contributed by atoms with Gasteiger partial charge in [-0.3, -0.25) is 9.48 Å². The van der Waals surface area contributed by atoms with E-state index in [0.717, 1.165) is 12.8 Å². The lowest BCUT2D eigenvalue weighted by Gasteiger charge is -2.04. The normalized spacial score (nSPS) is 10.1. The molecule has 0 spiro atoms. The Kier molecular flexibility index (Phi) is 3.00. The second-order valence-electron chi connectivity index (χ2n) is 3.29. The van der Waals surface area contributed by atoms with E-state index in [2.05, 4.69) is 5.10 Å². The van der Waals surface area contributed by atoms with E-state index < -0.39 is 0 Å². The van der Waals surface area contributed by atoms with E-state index in [0.29, 0.717) is 17.1 Å².